The molecule has 0 bridgehead atoms. The Balaban J connectivity index is 2.09. The Labute approximate surface area is 142 Å². The maximum atomic E-state index is 12.4. The molecule has 25 heavy (non-hydrogen) atoms. The van der Waals surface area contributed by atoms with E-state index in [1.54, 1.807) is 37.3 Å². The molecule has 6 nitrogen and oxygen atoms in total. The largest absolute Gasteiger partial charge is 0.534 e. The molecule has 1 atom stereocenters. The number of halogens is 3. The summed E-state index contributed by atoms with van der Waals surface area (Å²) in [5.74, 6) is -0.0130. The molecule has 0 aliphatic carbocycles. The van der Waals surface area contributed by atoms with E-state index in [9.17, 15) is 26.4 Å². The molecule has 1 amide bonds. The van der Waals surface area contributed by atoms with Crippen molar-refractivity contribution in [3.05, 3.63) is 42.2 Å². The van der Waals surface area contributed by atoms with Crippen LogP contribution in [0, 0.1) is 0 Å². The zero-order valence-electron chi connectivity index (χ0n) is 13.2. The molecule has 0 N–H and O–H groups in total. The summed E-state index contributed by atoms with van der Waals surface area (Å²) < 4.78 is 68.7. The standard InChI is InChI=1S/C15H16F3NO5S/c1-2-11-10-13(24-25(21,22)15(16,17)18)8-9-19(11)14(20)23-12-6-4-3-5-7-12/h3-8,11H,2,9-10H2,1H3. The zero-order chi connectivity index (χ0) is 18.7. The van der Waals surface area contributed by atoms with Crippen molar-refractivity contribution in [2.24, 2.45) is 0 Å². The zero-order valence-corrected chi connectivity index (χ0v) is 14.0. The third-order valence-corrected chi connectivity index (χ3v) is 4.55. The summed E-state index contributed by atoms with van der Waals surface area (Å²) in [7, 11) is -5.72. The number of amides is 1. The molecule has 1 aliphatic rings. The lowest BCUT2D eigenvalue weighted by Gasteiger charge is -2.33. The van der Waals surface area contributed by atoms with Crippen molar-refractivity contribution >= 4 is 16.2 Å². The molecule has 0 saturated heterocycles. The predicted molar refractivity (Wildman–Crippen MR) is 82.0 cm³/mol. The second-order valence-corrected chi connectivity index (χ2v) is 6.79. The van der Waals surface area contributed by atoms with Crippen LogP contribution in [0.25, 0.3) is 0 Å². The van der Waals surface area contributed by atoms with Crippen LogP contribution >= 0.6 is 0 Å². The van der Waals surface area contributed by atoms with Crippen molar-refractivity contribution in [1.82, 2.24) is 4.90 Å². The van der Waals surface area contributed by atoms with E-state index in [0.717, 1.165) is 6.08 Å². The van der Waals surface area contributed by atoms with Crippen LogP contribution in [0.2, 0.25) is 0 Å². The van der Waals surface area contributed by atoms with Gasteiger partial charge >= 0.3 is 21.7 Å². The van der Waals surface area contributed by atoms with Gasteiger partial charge in [-0.15, -0.1) is 0 Å². The summed E-state index contributed by atoms with van der Waals surface area (Å²) in [6, 6.07) is 7.75. The van der Waals surface area contributed by atoms with Crippen LogP contribution in [-0.4, -0.2) is 37.5 Å². The van der Waals surface area contributed by atoms with Gasteiger partial charge in [-0.05, 0) is 24.6 Å². The minimum absolute atomic E-state index is 0.118. The Morgan fingerprint density at radius 3 is 2.48 bits per heavy atom. The van der Waals surface area contributed by atoms with Gasteiger partial charge in [0.1, 0.15) is 11.5 Å². The molecule has 0 spiro atoms. The van der Waals surface area contributed by atoms with Gasteiger partial charge in [0, 0.05) is 19.0 Å². The van der Waals surface area contributed by atoms with E-state index in [4.69, 9.17) is 4.74 Å². The van der Waals surface area contributed by atoms with E-state index in [1.807, 2.05) is 0 Å². The highest BCUT2D eigenvalue weighted by molar-refractivity contribution is 7.87. The first-order valence-corrected chi connectivity index (χ1v) is 8.78. The Morgan fingerprint density at radius 1 is 1.28 bits per heavy atom. The number of nitrogens with zero attached hydrogens (tertiary/aromatic N) is 1. The van der Waals surface area contributed by atoms with E-state index in [-0.39, 0.29) is 18.7 Å². The average molecular weight is 379 g/mol. The van der Waals surface area contributed by atoms with Crippen LogP contribution in [-0.2, 0) is 14.3 Å². The maximum Gasteiger partial charge on any atom is 0.534 e. The molecule has 138 valence electrons. The number of carbonyl (C=O) groups excluding carboxylic acids is 1. The van der Waals surface area contributed by atoms with Gasteiger partial charge in [0.15, 0.2) is 0 Å². The van der Waals surface area contributed by atoms with Gasteiger partial charge in [-0.3, -0.25) is 0 Å². The highest BCUT2D eigenvalue weighted by atomic mass is 32.2. The fourth-order valence-corrected chi connectivity index (χ4v) is 2.78. The van der Waals surface area contributed by atoms with Gasteiger partial charge in [0.2, 0.25) is 0 Å². The van der Waals surface area contributed by atoms with Crippen molar-refractivity contribution in [3.8, 4) is 5.75 Å². The molecule has 10 heteroatoms. The van der Waals surface area contributed by atoms with E-state index in [0.29, 0.717) is 12.2 Å². The predicted octanol–water partition coefficient (Wildman–Crippen LogP) is 3.42. The fraction of sp³-hybridized carbons (Fsp3) is 0.400. The number of alkyl halides is 3. The van der Waals surface area contributed by atoms with Crippen LogP contribution in [0.3, 0.4) is 0 Å². The topological polar surface area (TPSA) is 72.9 Å². The summed E-state index contributed by atoms with van der Waals surface area (Å²) >= 11 is 0. The Kier molecular flexibility index (Phi) is 5.61. The Morgan fingerprint density at radius 2 is 1.92 bits per heavy atom. The normalized spacial score (nSPS) is 18.5. The lowest BCUT2D eigenvalue weighted by Crippen LogP contribution is -2.44. The number of hydrogen-bond donors (Lipinski definition) is 0. The summed E-state index contributed by atoms with van der Waals surface area (Å²) in [6.45, 7) is 1.60. The molecular weight excluding hydrogens is 363 g/mol. The number of carbonyl (C=O) groups is 1. The summed E-state index contributed by atoms with van der Waals surface area (Å²) in [6.07, 6.45) is 0.681. The molecule has 1 heterocycles. The van der Waals surface area contributed by atoms with Gasteiger partial charge in [-0.25, -0.2) is 4.79 Å². The molecule has 1 aromatic rings. The van der Waals surface area contributed by atoms with Crippen molar-refractivity contribution in [3.63, 3.8) is 0 Å². The first kappa shape index (κ1) is 19.1. The third-order valence-electron chi connectivity index (χ3n) is 3.55. The SMILES string of the molecule is CCC1CC(OS(=O)(=O)C(F)(F)F)=CCN1C(=O)Oc1ccccc1. The second-order valence-electron chi connectivity index (χ2n) is 5.25. The van der Waals surface area contributed by atoms with E-state index < -0.39 is 27.8 Å². The number of benzene rings is 1. The van der Waals surface area contributed by atoms with Gasteiger partial charge in [-0.2, -0.15) is 21.6 Å². The Hall–Kier alpha value is -2.23. The highest BCUT2D eigenvalue weighted by Crippen LogP contribution is 2.30. The summed E-state index contributed by atoms with van der Waals surface area (Å²) in [5, 5.41) is 0. The highest BCUT2D eigenvalue weighted by Gasteiger charge is 2.49. The molecule has 0 fully saturated rings. The quantitative estimate of drug-likeness (QED) is 0.592. The van der Waals surface area contributed by atoms with Crippen molar-refractivity contribution < 1.29 is 35.3 Å². The number of hydrogen-bond acceptors (Lipinski definition) is 5. The second kappa shape index (κ2) is 7.34. The van der Waals surface area contributed by atoms with Gasteiger partial charge in [-0.1, -0.05) is 25.1 Å². The average Bonchev–Trinajstić information content (AvgIpc) is 2.54. The number of rotatable bonds is 4. The molecular formula is C15H16F3NO5S. The molecule has 1 aromatic carbocycles. The van der Waals surface area contributed by atoms with Gasteiger partial charge in [0.05, 0.1) is 0 Å². The Bertz CT molecular complexity index is 746. The molecule has 2 rings (SSSR count). The smallest absolute Gasteiger partial charge is 0.410 e. The van der Waals surface area contributed by atoms with Crippen LogP contribution in [0.1, 0.15) is 19.8 Å². The van der Waals surface area contributed by atoms with Crippen LogP contribution in [0.15, 0.2) is 42.2 Å². The van der Waals surface area contributed by atoms with Crippen LogP contribution in [0.5, 0.6) is 5.75 Å². The molecule has 0 radical (unpaired) electrons. The van der Waals surface area contributed by atoms with E-state index in [2.05, 4.69) is 4.18 Å². The van der Waals surface area contributed by atoms with Crippen molar-refractivity contribution in [2.45, 2.75) is 31.3 Å². The van der Waals surface area contributed by atoms with Gasteiger partial charge < -0.3 is 13.8 Å². The van der Waals surface area contributed by atoms with E-state index in [1.165, 1.54) is 4.90 Å². The van der Waals surface area contributed by atoms with Crippen molar-refractivity contribution in [1.29, 1.82) is 0 Å². The minimum atomic E-state index is -5.72. The fourth-order valence-electron chi connectivity index (χ4n) is 2.27. The van der Waals surface area contributed by atoms with Crippen LogP contribution in [0.4, 0.5) is 18.0 Å². The van der Waals surface area contributed by atoms with Gasteiger partial charge in [0.25, 0.3) is 0 Å². The number of ether oxygens (including phenoxy) is 1. The summed E-state index contributed by atoms with van der Waals surface area (Å²) in [5.41, 5.74) is -5.50. The van der Waals surface area contributed by atoms with E-state index >= 15 is 0 Å². The van der Waals surface area contributed by atoms with Crippen LogP contribution < -0.4 is 4.74 Å². The lowest BCUT2D eigenvalue weighted by molar-refractivity contribution is -0.0526. The minimum Gasteiger partial charge on any atom is -0.410 e. The third kappa shape index (κ3) is 4.65. The number of para-hydroxylation sites is 1. The first-order valence-electron chi connectivity index (χ1n) is 7.37. The molecule has 1 aliphatic heterocycles. The summed E-state index contributed by atoms with van der Waals surface area (Å²) in [4.78, 5) is 13.5. The lowest BCUT2D eigenvalue weighted by atomic mass is 10.0. The first-order chi connectivity index (χ1) is 11.6. The monoisotopic (exact) mass is 379 g/mol. The van der Waals surface area contributed by atoms with Crippen molar-refractivity contribution in [2.75, 3.05) is 6.54 Å². The molecule has 0 aromatic heterocycles. The maximum absolute atomic E-state index is 12.4. The molecule has 0 saturated carbocycles. The molecule has 1 unspecified atom stereocenters.